The molecule has 1 N–H and O–H groups in total. The summed E-state index contributed by atoms with van der Waals surface area (Å²) in [6.45, 7) is 6.93. The van der Waals surface area contributed by atoms with Crippen LogP contribution in [0.2, 0.25) is 0 Å². The monoisotopic (exact) mass is 221 g/mol. The van der Waals surface area contributed by atoms with Gasteiger partial charge in [-0.1, -0.05) is 20.3 Å². The first kappa shape index (κ1) is 11.6. The van der Waals surface area contributed by atoms with E-state index >= 15 is 0 Å². The smallest absolute Gasteiger partial charge is 0.125 e. The minimum atomic E-state index is 0.336. The van der Waals surface area contributed by atoms with E-state index < -0.39 is 0 Å². The maximum absolute atomic E-state index is 4.41. The van der Waals surface area contributed by atoms with Gasteiger partial charge in [-0.15, -0.1) is 0 Å². The van der Waals surface area contributed by atoms with Crippen LogP contribution in [0.3, 0.4) is 0 Å². The molecule has 1 fully saturated rings. The molecule has 1 saturated carbocycles. The first-order valence-corrected chi connectivity index (χ1v) is 6.24. The number of aryl methyl sites for hydroxylation is 1. The van der Waals surface area contributed by atoms with Crippen LogP contribution in [0.5, 0.6) is 0 Å². The van der Waals surface area contributed by atoms with Gasteiger partial charge in [0, 0.05) is 25.5 Å². The first-order valence-electron chi connectivity index (χ1n) is 6.24. The van der Waals surface area contributed by atoms with E-state index in [1.54, 1.807) is 0 Å². The molecule has 0 radical (unpaired) electrons. The Morgan fingerprint density at radius 2 is 2.31 bits per heavy atom. The highest BCUT2D eigenvalue weighted by atomic mass is 15.1. The number of rotatable bonds is 3. The van der Waals surface area contributed by atoms with E-state index in [1.165, 1.54) is 19.3 Å². The van der Waals surface area contributed by atoms with Gasteiger partial charge in [-0.05, 0) is 25.2 Å². The zero-order valence-electron chi connectivity index (χ0n) is 10.8. The summed E-state index contributed by atoms with van der Waals surface area (Å²) >= 11 is 0. The van der Waals surface area contributed by atoms with Crippen molar-refractivity contribution in [1.29, 1.82) is 0 Å². The Bertz CT molecular complexity index is 354. The molecule has 1 aliphatic rings. The molecule has 3 nitrogen and oxygen atoms in total. The van der Waals surface area contributed by atoms with Gasteiger partial charge in [0.05, 0.1) is 6.04 Å². The Hall–Kier alpha value is -0.830. The van der Waals surface area contributed by atoms with Crippen molar-refractivity contribution in [2.45, 2.75) is 52.1 Å². The van der Waals surface area contributed by atoms with Gasteiger partial charge in [0.1, 0.15) is 5.82 Å². The van der Waals surface area contributed by atoms with Crippen LogP contribution in [0.25, 0.3) is 0 Å². The van der Waals surface area contributed by atoms with Crippen LogP contribution in [-0.4, -0.2) is 15.6 Å². The molecule has 0 spiro atoms. The van der Waals surface area contributed by atoms with Crippen molar-refractivity contribution in [3.63, 3.8) is 0 Å². The van der Waals surface area contributed by atoms with Crippen molar-refractivity contribution in [2.24, 2.45) is 12.5 Å². The number of hydrogen-bond donors (Lipinski definition) is 1. The van der Waals surface area contributed by atoms with Gasteiger partial charge >= 0.3 is 0 Å². The standard InChI is InChI=1S/C13H23N3/c1-10(12-14-8-9-16(12)4)15-11-6-5-7-13(11,2)3/h8-11,15H,5-7H2,1-4H3. The van der Waals surface area contributed by atoms with E-state index in [4.69, 9.17) is 0 Å². The predicted octanol–water partition coefficient (Wildman–Crippen LogP) is 2.65. The third-order valence-corrected chi connectivity index (χ3v) is 3.95. The molecule has 1 heterocycles. The van der Waals surface area contributed by atoms with Gasteiger partial charge in [-0.3, -0.25) is 0 Å². The van der Waals surface area contributed by atoms with Gasteiger partial charge in [-0.25, -0.2) is 4.98 Å². The highest BCUT2D eigenvalue weighted by Crippen LogP contribution is 2.38. The first-order chi connectivity index (χ1) is 7.50. The Kier molecular flexibility index (Phi) is 3.06. The van der Waals surface area contributed by atoms with E-state index in [9.17, 15) is 0 Å². The number of aromatic nitrogens is 2. The summed E-state index contributed by atoms with van der Waals surface area (Å²) in [5, 5.41) is 3.73. The molecular formula is C13H23N3. The summed E-state index contributed by atoms with van der Waals surface area (Å²) in [5.41, 5.74) is 0.430. The van der Waals surface area contributed by atoms with Gasteiger partial charge < -0.3 is 9.88 Å². The summed E-state index contributed by atoms with van der Waals surface area (Å²) in [6, 6.07) is 0.960. The average molecular weight is 221 g/mol. The quantitative estimate of drug-likeness (QED) is 0.850. The number of hydrogen-bond acceptors (Lipinski definition) is 2. The molecule has 2 rings (SSSR count). The summed E-state index contributed by atoms with van der Waals surface area (Å²) in [4.78, 5) is 4.41. The van der Waals surface area contributed by atoms with Crippen LogP contribution in [0.1, 0.15) is 51.9 Å². The van der Waals surface area contributed by atoms with Crippen molar-refractivity contribution in [3.8, 4) is 0 Å². The normalized spacial score (nSPS) is 25.9. The summed E-state index contributed by atoms with van der Waals surface area (Å²) in [5.74, 6) is 1.13. The van der Waals surface area contributed by atoms with Crippen LogP contribution in [0.15, 0.2) is 12.4 Å². The fourth-order valence-electron chi connectivity index (χ4n) is 2.81. The minimum absolute atomic E-state index is 0.336. The van der Waals surface area contributed by atoms with Crippen molar-refractivity contribution < 1.29 is 0 Å². The zero-order chi connectivity index (χ0) is 11.8. The molecule has 1 aromatic rings. The van der Waals surface area contributed by atoms with Gasteiger partial charge in [-0.2, -0.15) is 0 Å². The Morgan fingerprint density at radius 1 is 1.56 bits per heavy atom. The molecule has 90 valence electrons. The lowest BCUT2D eigenvalue weighted by atomic mass is 9.87. The van der Waals surface area contributed by atoms with Crippen molar-refractivity contribution in [1.82, 2.24) is 14.9 Å². The molecular weight excluding hydrogens is 198 g/mol. The molecule has 0 amide bonds. The topological polar surface area (TPSA) is 29.9 Å². The molecule has 2 unspecified atom stereocenters. The molecule has 16 heavy (non-hydrogen) atoms. The predicted molar refractivity (Wildman–Crippen MR) is 66.2 cm³/mol. The maximum Gasteiger partial charge on any atom is 0.125 e. The van der Waals surface area contributed by atoms with E-state index in [0.717, 1.165) is 5.82 Å². The third kappa shape index (κ3) is 2.14. The molecule has 1 aliphatic carbocycles. The molecule has 0 aliphatic heterocycles. The largest absolute Gasteiger partial charge is 0.337 e. The van der Waals surface area contributed by atoms with E-state index in [-0.39, 0.29) is 0 Å². The van der Waals surface area contributed by atoms with Crippen LogP contribution < -0.4 is 5.32 Å². The van der Waals surface area contributed by atoms with Crippen LogP contribution in [0.4, 0.5) is 0 Å². The second-order valence-corrected chi connectivity index (χ2v) is 5.72. The summed E-state index contributed by atoms with van der Waals surface area (Å²) < 4.78 is 2.10. The summed E-state index contributed by atoms with van der Waals surface area (Å²) in [6.07, 6.45) is 7.85. The average Bonchev–Trinajstić information content (AvgIpc) is 2.74. The lowest BCUT2D eigenvalue weighted by Gasteiger charge is -2.30. The number of nitrogens with zero attached hydrogens (tertiary/aromatic N) is 2. The van der Waals surface area contributed by atoms with Gasteiger partial charge in [0.2, 0.25) is 0 Å². The molecule has 2 atom stereocenters. The van der Waals surface area contributed by atoms with E-state index in [1.807, 2.05) is 12.4 Å². The molecule has 1 aromatic heterocycles. The van der Waals surface area contributed by atoms with Crippen molar-refractivity contribution in [2.75, 3.05) is 0 Å². The lowest BCUT2D eigenvalue weighted by molar-refractivity contribution is 0.262. The van der Waals surface area contributed by atoms with Crippen molar-refractivity contribution >= 4 is 0 Å². The Labute approximate surface area is 98.3 Å². The highest BCUT2D eigenvalue weighted by molar-refractivity contribution is 5.00. The molecule has 3 heteroatoms. The third-order valence-electron chi connectivity index (χ3n) is 3.95. The second kappa shape index (κ2) is 4.21. The van der Waals surface area contributed by atoms with Crippen LogP contribution >= 0.6 is 0 Å². The van der Waals surface area contributed by atoms with E-state index in [2.05, 4.69) is 42.7 Å². The Morgan fingerprint density at radius 3 is 2.81 bits per heavy atom. The molecule has 0 aromatic carbocycles. The van der Waals surface area contributed by atoms with Crippen LogP contribution in [-0.2, 0) is 7.05 Å². The highest BCUT2D eigenvalue weighted by Gasteiger charge is 2.35. The van der Waals surface area contributed by atoms with E-state index in [0.29, 0.717) is 17.5 Å². The van der Waals surface area contributed by atoms with Crippen molar-refractivity contribution in [3.05, 3.63) is 18.2 Å². The van der Waals surface area contributed by atoms with Gasteiger partial charge in [0.15, 0.2) is 0 Å². The maximum atomic E-state index is 4.41. The molecule has 0 saturated heterocycles. The Balaban J connectivity index is 2.03. The SMILES string of the molecule is CC(NC1CCCC1(C)C)c1nccn1C. The van der Waals surface area contributed by atoms with Gasteiger partial charge in [0.25, 0.3) is 0 Å². The summed E-state index contributed by atoms with van der Waals surface area (Å²) in [7, 11) is 2.06. The zero-order valence-corrected chi connectivity index (χ0v) is 10.8. The lowest BCUT2D eigenvalue weighted by Crippen LogP contribution is -2.39. The van der Waals surface area contributed by atoms with Crippen LogP contribution in [0, 0.1) is 5.41 Å². The number of nitrogens with one attached hydrogen (secondary N) is 1. The fourth-order valence-corrected chi connectivity index (χ4v) is 2.81. The number of imidazole rings is 1. The fraction of sp³-hybridized carbons (Fsp3) is 0.769. The molecule has 0 bridgehead atoms. The second-order valence-electron chi connectivity index (χ2n) is 5.72. The minimum Gasteiger partial charge on any atom is -0.337 e.